The van der Waals surface area contributed by atoms with Gasteiger partial charge in [-0.3, -0.25) is 4.79 Å². The lowest BCUT2D eigenvalue weighted by Gasteiger charge is -2.26. The van der Waals surface area contributed by atoms with Crippen molar-refractivity contribution in [2.24, 2.45) is 0 Å². The maximum absolute atomic E-state index is 13.1. The molecule has 1 atom stereocenters. The van der Waals surface area contributed by atoms with Crippen molar-refractivity contribution in [1.82, 2.24) is 10.3 Å². The average molecular weight is 396 g/mol. The van der Waals surface area contributed by atoms with Gasteiger partial charge in [0.25, 0.3) is 0 Å². The smallest absolute Gasteiger partial charge is 0.244 e. The molecular formula is C23H29N3OS. The van der Waals surface area contributed by atoms with Crippen LogP contribution < -0.4 is 10.2 Å². The lowest BCUT2D eigenvalue weighted by molar-refractivity contribution is -0.120. The van der Waals surface area contributed by atoms with E-state index in [2.05, 4.69) is 40.5 Å². The zero-order chi connectivity index (χ0) is 19.6. The van der Waals surface area contributed by atoms with Gasteiger partial charge in [-0.2, -0.15) is 0 Å². The summed E-state index contributed by atoms with van der Waals surface area (Å²) in [4.78, 5) is 19.4. The van der Waals surface area contributed by atoms with Gasteiger partial charge in [0.05, 0.1) is 6.04 Å². The summed E-state index contributed by atoms with van der Waals surface area (Å²) in [5.74, 6) is 2.90. The largest absolute Gasteiger partial charge is 0.311 e. The monoisotopic (exact) mass is 395 g/mol. The minimum absolute atomic E-state index is 0.0470. The fourth-order valence-corrected chi connectivity index (χ4v) is 4.27. The maximum atomic E-state index is 13.1. The standard InChI is InChI=1S/C23H29N3OS/c1-2-3-4-5-6-7-8-17-26(23(27)21-10-9-15-24-21)20-13-11-19(12-14-20)22-25-16-18-28-22/h1,11-14,16,18,21,24H,3-10,15,17H2/t21-/m0/s1. The average Bonchev–Trinajstić information content (AvgIpc) is 3.44. The van der Waals surface area contributed by atoms with Crippen molar-refractivity contribution < 1.29 is 4.79 Å². The molecule has 1 aromatic carbocycles. The SMILES string of the molecule is C#CCCCCCCCN(C(=O)[C@@H]1CCCN1)c1ccc(-c2nccs2)cc1. The highest BCUT2D eigenvalue weighted by molar-refractivity contribution is 7.13. The van der Waals surface area contributed by atoms with Crippen molar-refractivity contribution in [1.29, 1.82) is 0 Å². The Bertz CT molecular complexity index is 758. The number of carbonyl (C=O) groups excluding carboxylic acids is 1. The number of benzene rings is 1. The summed E-state index contributed by atoms with van der Waals surface area (Å²) in [5.41, 5.74) is 2.07. The van der Waals surface area contributed by atoms with E-state index in [9.17, 15) is 4.79 Å². The number of anilines is 1. The van der Waals surface area contributed by atoms with Crippen LogP contribution in [0.1, 0.15) is 51.4 Å². The first-order chi connectivity index (χ1) is 13.8. The number of amides is 1. The Balaban J connectivity index is 1.62. The van der Waals surface area contributed by atoms with Crippen LogP contribution >= 0.6 is 11.3 Å². The Labute approximate surface area is 172 Å². The van der Waals surface area contributed by atoms with E-state index in [-0.39, 0.29) is 11.9 Å². The third-order valence-corrected chi connectivity index (χ3v) is 6.01. The van der Waals surface area contributed by atoms with E-state index in [1.807, 2.05) is 16.5 Å². The molecule has 148 valence electrons. The number of hydrogen-bond donors (Lipinski definition) is 1. The number of rotatable bonds is 10. The first kappa shape index (κ1) is 20.6. The fourth-order valence-electron chi connectivity index (χ4n) is 3.63. The molecular weight excluding hydrogens is 366 g/mol. The maximum Gasteiger partial charge on any atom is 0.244 e. The first-order valence-corrected chi connectivity index (χ1v) is 11.2. The van der Waals surface area contributed by atoms with Crippen LogP contribution in [-0.2, 0) is 4.79 Å². The summed E-state index contributed by atoms with van der Waals surface area (Å²) in [5, 5.41) is 6.34. The summed E-state index contributed by atoms with van der Waals surface area (Å²) < 4.78 is 0. The van der Waals surface area contributed by atoms with Gasteiger partial charge in [0.15, 0.2) is 0 Å². The van der Waals surface area contributed by atoms with Crippen molar-refractivity contribution in [2.75, 3.05) is 18.0 Å². The Morgan fingerprint density at radius 1 is 1.21 bits per heavy atom. The van der Waals surface area contributed by atoms with Gasteiger partial charge < -0.3 is 10.2 Å². The molecule has 1 aliphatic rings. The number of aromatic nitrogens is 1. The number of nitrogens with zero attached hydrogens (tertiary/aromatic N) is 2. The summed E-state index contributed by atoms with van der Waals surface area (Å²) >= 11 is 1.63. The molecule has 1 N–H and O–H groups in total. The van der Waals surface area contributed by atoms with Crippen LogP contribution in [0, 0.1) is 12.3 Å². The Kier molecular flexibility index (Phi) is 8.07. The molecule has 0 saturated carbocycles. The van der Waals surface area contributed by atoms with Crippen LogP contribution in [0.3, 0.4) is 0 Å². The summed E-state index contributed by atoms with van der Waals surface area (Å²) in [6.45, 7) is 1.70. The first-order valence-electron chi connectivity index (χ1n) is 10.3. The molecule has 2 heterocycles. The predicted octanol–water partition coefficient (Wildman–Crippen LogP) is 4.87. The molecule has 28 heavy (non-hydrogen) atoms. The van der Waals surface area contributed by atoms with Crippen molar-refractivity contribution in [3.63, 3.8) is 0 Å². The summed E-state index contributed by atoms with van der Waals surface area (Å²) in [7, 11) is 0. The van der Waals surface area contributed by atoms with Gasteiger partial charge in [0.2, 0.25) is 5.91 Å². The van der Waals surface area contributed by atoms with Crippen LogP contribution in [0.15, 0.2) is 35.8 Å². The van der Waals surface area contributed by atoms with Gasteiger partial charge in [0, 0.05) is 35.8 Å². The zero-order valence-corrected chi connectivity index (χ0v) is 17.2. The molecule has 1 fully saturated rings. The van der Waals surface area contributed by atoms with Gasteiger partial charge in [0.1, 0.15) is 5.01 Å². The molecule has 3 rings (SSSR count). The second-order valence-electron chi connectivity index (χ2n) is 7.24. The van der Waals surface area contributed by atoms with Crippen molar-refractivity contribution >= 4 is 22.9 Å². The van der Waals surface area contributed by atoms with Gasteiger partial charge in [-0.15, -0.1) is 23.7 Å². The second kappa shape index (κ2) is 11.0. The molecule has 0 bridgehead atoms. The van der Waals surface area contributed by atoms with Crippen molar-refractivity contribution in [2.45, 2.75) is 57.4 Å². The highest BCUT2D eigenvalue weighted by Crippen LogP contribution is 2.26. The fraction of sp³-hybridized carbons (Fsp3) is 0.478. The Morgan fingerprint density at radius 3 is 2.68 bits per heavy atom. The lowest BCUT2D eigenvalue weighted by atomic mass is 10.1. The van der Waals surface area contributed by atoms with Crippen molar-refractivity contribution in [3.8, 4) is 22.9 Å². The van der Waals surface area contributed by atoms with Crippen LogP contribution in [0.5, 0.6) is 0 Å². The number of carbonyl (C=O) groups is 1. The summed E-state index contributed by atoms with van der Waals surface area (Å²) in [6, 6.07) is 8.19. The van der Waals surface area contributed by atoms with Crippen molar-refractivity contribution in [3.05, 3.63) is 35.8 Å². The van der Waals surface area contributed by atoms with E-state index in [0.717, 1.165) is 67.9 Å². The highest BCUT2D eigenvalue weighted by atomic mass is 32.1. The van der Waals surface area contributed by atoms with E-state index in [1.54, 1.807) is 11.3 Å². The van der Waals surface area contributed by atoms with E-state index >= 15 is 0 Å². The minimum atomic E-state index is -0.0470. The molecule has 2 aromatic rings. The van der Waals surface area contributed by atoms with Crippen LogP contribution in [0.4, 0.5) is 5.69 Å². The van der Waals surface area contributed by atoms with E-state index in [0.29, 0.717) is 0 Å². The van der Waals surface area contributed by atoms with E-state index in [1.165, 1.54) is 12.8 Å². The number of thiazole rings is 1. The molecule has 1 aromatic heterocycles. The van der Waals surface area contributed by atoms with Crippen LogP contribution in [0.25, 0.3) is 10.6 Å². The Morgan fingerprint density at radius 2 is 2.00 bits per heavy atom. The molecule has 1 amide bonds. The van der Waals surface area contributed by atoms with Gasteiger partial charge in [-0.05, 0) is 56.5 Å². The molecule has 5 heteroatoms. The van der Waals surface area contributed by atoms with Gasteiger partial charge in [-0.25, -0.2) is 4.98 Å². The molecule has 0 radical (unpaired) electrons. The van der Waals surface area contributed by atoms with Crippen LogP contribution in [-0.4, -0.2) is 30.0 Å². The summed E-state index contributed by atoms with van der Waals surface area (Å²) in [6.07, 6.45) is 15.6. The lowest BCUT2D eigenvalue weighted by Crippen LogP contribution is -2.44. The molecule has 1 aliphatic heterocycles. The number of terminal acetylenes is 1. The number of hydrogen-bond acceptors (Lipinski definition) is 4. The molecule has 0 aliphatic carbocycles. The molecule has 0 spiro atoms. The topological polar surface area (TPSA) is 45.2 Å². The predicted molar refractivity (Wildman–Crippen MR) is 117 cm³/mol. The van der Waals surface area contributed by atoms with E-state index in [4.69, 9.17) is 6.42 Å². The van der Waals surface area contributed by atoms with E-state index < -0.39 is 0 Å². The zero-order valence-electron chi connectivity index (χ0n) is 16.4. The van der Waals surface area contributed by atoms with Gasteiger partial charge >= 0.3 is 0 Å². The second-order valence-corrected chi connectivity index (χ2v) is 8.14. The quantitative estimate of drug-likeness (QED) is 0.461. The molecule has 4 nitrogen and oxygen atoms in total. The van der Waals surface area contributed by atoms with Crippen LogP contribution in [0.2, 0.25) is 0 Å². The Hall–Kier alpha value is -2.16. The highest BCUT2D eigenvalue weighted by Gasteiger charge is 2.27. The molecule has 0 unspecified atom stereocenters. The molecule has 1 saturated heterocycles. The van der Waals surface area contributed by atoms with Gasteiger partial charge in [-0.1, -0.05) is 19.3 Å². The minimum Gasteiger partial charge on any atom is -0.311 e. The normalized spacial score (nSPS) is 16.0. The number of nitrogens with one attached hydrogen (secondary N) is 1. The number of unbranched alkanes of at least 4 members (excludes halogenated alkanes) is 5. The third-order valence-electron chi connectivity index (χ3n) is 5.19. The third kappa shape index (κ3) is 5.67.